The Morgan fingerprint density at radius 3 is 2.62 bits per heavy atom. The molecule has 0 spiro atoms. The Morgan fingerprint density at radius 2 is 1.97 bits per heavy atom. The zero-order chi connectivity index (χ0) is 20.9. The molecule has 9 nitrogen and oxygen atoms in total. The van der Waals surface area contributed by atoms with Gasteiger partial charge in [0.05, 0.1) is 12.2 Å². The lowest BCUT2D eigenvalue weighted by Gasteiger charge is -2.36. The molecule has 4 rings (SSSR count). The fourth-order valence-electron chi connectivity index (χ4n) is 3.70. The maximum Gasteiger partial charge on any atom is 0.277 e. The van der Waals surface area contributed by atoms with Crippen LogP contribution in [0.4, 0.5) is 4.39 Å². The van der Waals surface area contributed by atoms with E-state index < -0.39 is 40.5 Å². The van der Waals surface area contributed by atoms with Crippen molar-refractivity contribution in [3.05, 3.63) is 62.8 Å². The number of rotatable bonds is 4. The highest BCUT2D eigenvalue weighted by atomic mass is 19.1. The normalized spacial score (nSPS) is 17.5. The molecule has 0 saturated carbocycles. The molecule has 1 aromatic heterocycles. The average molecular weight is 402 g/mol. The van der Waals surface area contributed by atoms with Crippen LogP contribution in [0.5, 0.6) is 5.75 Å². The predicted molar refractivity (Wildman–Crippen MR) is 99.6 cm³/mol. The van der Waals surface area contributed by atoms with Crippen LogP contribution in [-0.4, -0.2) is 51.4 Å². The number of nitrogens with zero attached hydrogens (tertiary/aromatic N) is 3. The van der Waals surface area contributed by atoms with Crippen molar-refractivity contribution in [3.63, 3.8) is 0 Å². The first-order valence-corrected chi connectivity index (χ1v) is 9.10. The number of carbonyl (C=O) groups is 2. The third-order valence-electron chi connectivity index (χ3n) is 5.14. The van der Waals surface area contributed by atoms with Crippen molar-refractivity contribution in [2.75, 3.05) is 24.8 Å². The van der Waals surface area contributed by atoms with Crippen molar-refractivity contribution < 1.29 is 24.2 Å². The van der Waals surface area contributed by atoms with Gasteiger partial charge in [-0.25, -0.2) is 9.07 Å². The summed E-state index contributed by atoms with van der Waals surface area (Å²) in [5.41, 5.74) is -1.11. The number of hydrogen-bond donors (Lipinski definition) is 3. The maximum absolute atomic E-state index is 13.0. The maximum atomic E-state index is 13.0. The Morgan fingerprint density at radius 1 is 1.28 bits per heavy atom. The number of aliphatic hydroxyl groups excluding tert-OH is 1. The highest BCUT2D eigenvalue weighted by Gasteiger charge is 2.43. The van der Waals surface area contributed by atoms with Crippen LogP contribution in [0.2, 0.25) is 0 Å². The molecule has 0 aliphatic carbocycles. The molecule has 0 saturated heterocycles. The molecule has 2 aliphatic heterocycles. The lowest BCUT2D eigenvalue weighted by molar-refractivity contribution is 0.0700. The van der Waals surface area contributed by atoms with Crippen LogP contribution in [0.1, 0.15) is 45.1 Å². The topological polar surface area (TPSA) is 115 Å². The molecule has 2 aromatic rings. The van der Waals surface area contributed by atoms with E-state index in [1.807, 2.05) is 0 Å². The number of aromatic nitrogens is 1. The molecule has 0 fully saturated rings. The van der Waals surface area contributed by atoms with E-state index in [2.05, 4.69) is 5.32 Å². The van der Waals surface area contributed by atoms with E-state index in [9.17, 15) is 29.0 Å². The van der Waals surface area contributed by atoms with Crippen LogP contribution in [-0.2, 0) is 6.54 Å². The van der Waals surface area contributed by atoms with E-state index in [-0.39, 0.29) is 31.1 Å². The van der Waals surface area contributed by atoms with Crippen LogP contribution < -0.4 is 15.8 Å². The minimum Gasteiger partial charge on any atom is -0.502 e. The molecule has 1 aromatic carbocycles. The second-order valence-corrected chi connectivity index (χ2v) is 6.91. The lowest BCUT2D eigenvalue weighted by Crippen LogP contribution is -2.52. The van der Waals surface area contributed by atoms with Crippen LogP contribution >= 0.6 is 0 Å². The largest absolute Gasteiger partial charge is 0.502 e. The second-order valence-electron chi connectivity index (χ2n) is 6.91. The first-order valence-electron chi connectivity index (χ1n) is 9.10. The first-order chi connectivity index (χ1) is 13.8. The van der Waals surface area contributed by atoms with Gasteiger partial charge in [0.15, 0.2) is 11.4 Å². The van der Waals surface area contributed by atoms with Crippen LogP contribution in [0.15, 0.2) is 29.1 Å². The van der Waals surface area contributed by atoms with Gasteiger partial charge in [0.1, 0.15) is 24.2 Å². The number of halogens is 1. The van der Waals surface area contributed by atoms with Gasteiger partial charge in [-0.15, -0.1) is 0 Å². The van der Waals surface area contributed by atoms with E-state index in [4.69, 9.17) is 0 Å². The molecule has 2 amide bonds. The Labute approximate surface area is 164 Å². The quantitative estimate of drug-likeness (QED) is 0.665. The summed E-state index contributed by atoms with van der Waals surface area (Å²) in [4.78, 5) is 39.6. The van der Waals surface area contributed by atoms with Gasteiger partial charge in [-0.2, -0.15) is 0 Å². The molecule has 0 bridgehead atoms. The second kappa shape index (κ2) is 6.89. The highest BCUT2D eigenvalue weighted by molar-refractivity contribution is 6.00. The summed E-state index contributed by atoms with van der Waals surface area (Å²) in [5, 5.41) is 25.1. The number of aromatic hydroxyl groups is 1. The summed E-state index contributed by atoms with van der Waals surface area (Å²) in [6, 6.07) is 5.46. The summed E-state index contributed by atoms with van der Waals surface area (Å²) >= 11 is 0. The molecular formula is C19H19FN4O5. The summed E-state index contributed by atoms with van der Waals surface area (Å²) < 4.78 is 14.3. The number of amides is 2. The van der Waals surface area contributed by atoms with E-state index in [0.29, 0.717) is 12.1 Å². The van der Waals surface area contributed by atoms with Gasteiger partial charge >= 0.3 is 0 Å². The molecule has 10 heteroatoms. The molecular weight excluding hydrogens is 383 g/mol. The molecule has 152 valence electrons. The Kier molecular flexibility index (Phi) is 4.50. The van der Waals surface area contributed by atoms with Gasteiger partial charge in [0, 0.05) is 13.1 Å². The number of nitrogens with one attached hydrogen (secondary N) is 1. The number of carbonyl (C=O) groups excluding carboxylic acids is 2. The number of hydrogen-bond acceptors (Lipinski definition) is 6. The van der Waals surface area contributed by atoms with Crippen molar-refractivity contribution in [3.8, 4) is 5.75 Å². The smallest absolute Gasteiger partial charge is 0.277 e. The van der Waals surface area contributed by atoms with Gasteiger partial charge in [-0.1, -0.05) is 12.1 Å². The summed E-state index contributed by atoms with van der Waals surface area (Å²) in [6.45, 7) is 2.35. The van der Waals surface area contributed by atoms with Gasteiger partial charge in [0.25, 0.3) is 11.8 Å². The minimum atomic E-state index is -1.18. The highest BCUT2D eigenvalue weighted by Crippen LogP contribution is 2.32. The predicted octanol–water partition coefficient (Wildman–Crippen LogP) is 0.0412. The molecule has 3 heterocycles. The molecule has 0 radical (unpaired) electrons. The van der Waals surface area contributed by atoms with Crippen LogP contribution in [0.3, 0.4) is 0 Å². The van der Waals surface area contributed by atoms with E-state index in [1.54, 1.807) is 11.9 Å². The minimum absolute atomic E-state index is 0.0167. The number of benzene rings is 1. The molecule has 1 atom stereocenters. The average Bonchev–Trinajstić information content (AvgIpc) is 3.02. The van der Waals surface area contributed by atoms with Crippen molar-refractivity contribution in [2.24, 2.45) is 0 Å². The Hall–Kier alpha value is -3.40. The van der Waals surface area contributed by atoms with Crippen molar-refractivity contribution in [1.82, 2.24) is 14.9 Å². The van der Waals surface area contributed by atoms with Gasteiger partial charge < -0.3 is 20.4 Å². The van der Waals surface area contributed by atoms with Crippen molar-refractivity contribution in [1.29, 1.82) is 0 Å². The molecule has 29 heavy (non-hydrogen) atoms. The summed E-state index contributed by atoms with van der Waals surface area (Å²) in [5.74, 6) is -2.60. The van der Waals surface area contributed by atoms with Gasteiger partial charge in [-0.3, -0.25) is 19.4 Å². The Balaban J connectivity index is 1.75. The Bertz CT molecular complexity index is 1070. The summed E-state index contributed by atoms with van der Waals surface area (Å²) in [6.07, 6.45) is -1.18. The zero-order valence-electron chi connectivity index (χ0n) is 15.6. The first kappa shape index (κ1) is 18.9. The SMILES string of the molecule is CCN1CN2CC(O)c3c(C(=O)NCc4ccc(F)cc4)c(=O)c(O)c(n32)C1=O. The standard InChI is InChI=1S/C19H19FN4O5/c1-2-22-9-23-8-12(25)14-13(16(26)17(27)15(19(22)29)24(14)23)18(28)21-7-10-3-5-11(20)6-4-10/h3-6,12,25,27H,2,7-9H2,1H3,(H,21,28). The monoisotopic (exact) mass is 402 g/mol. The van der Waals surface area contributed by atoms with Crippen molar-refractivity contribution >= 4 is 11.8 Å². The fraction of sp³-hybridized carbons (Fsp3) is 0.316. The number of pyridine rings is 1. The molecule has 2 aliphatic rings. The van der Waals surface area contributed by atoms with E-state index in [0.717, 1.165) is 0 Å². The fourth-order valence-corrected chi connectivity index (χ4v) is 3.70. The lowest BCUT2D eigenvalue weighted by atomic mass is 10.1. The zero-order valence-corrected chi connectivity index (χ0v) is 15.6. The molecule has 3 N–H and O–H groups in total. The third kappa shape index (κ3) is 2.92. The van der Waals surface area contributed by atoms with Crippen molar-refractivity contribution in [2.45, 2.75) is 19.6 Å². The van der Waals surface area contributed by atoms with E-state index in [1.165, 1.54) is 33.8 Å². The number of aliphatic hydroxyl groups is 1. The van der Waals surface area contributed by atoms with E-state index >= 15 is 0 Å². The van der Waals surface area contributed by atoms with Crippen LogP contribution in [0.25, 0.3) is 0 Å². The summed E-state index contributed by atoms with van der Waals surface area (Å²) in [7, 11) is 0. The van der Waals surface area contributed by atoms with Crippen LogP contribution in [0, 0.1) is 5.82 Å². The third-order valence-corrected chi connectivity index (χ3v) is 5.14. The molecule has 1 unspecified atom stereocenters. The van der Waals surface area contributed by atoms with Gasteiger partial charge in [-0.05, 0) is 24.6 Å². The van der Waals surface area contributed by atoms with Gasteiger partial charge in [0.2, 0.25) is 5.43 Å².